The number of ether oxygens (including phenoxy) is 2. The highest BCUT2D eigenvalue weighted by atomic mass is 32.1. The van der Waals surface area contributed by atoms with Crippen molar-refractivity contribution in [3.63, 3.8) is 0 Å². The normalized spacial score (nSPS) is 16.9. The smallest absolute Gasteiger partial charge is 0.301 e. The molecule has 1 aliphatic heterocycles. The van der Waals surface area contributed by atoms with E-state index in [1.165, 1.54) is 16.2 Å². The Balaban J connectivity index is 1.64. The number of thiazole rings is 1. The second-order valence-electron chi connectivity index (χ2n) is 9.89. The van der Waals surface area contributed by atoms with E-state index < -0.39 is 17.7 Å². The summed E-state index contributed by atoms with van der Waals surface area (Å²) in [5, 5.41) is 11.8. The average molecular weight is 544 g/mol. The van der Waals surface area contributed by atoms with Gasteiger partial charge in [0.1, 0.15) is 23.3 Å². The van der Waals surface area contributed by atoms with Gasteiger partial charge in [0.05, 0.1) is 35.2 Å². The van der Waals surface area contributed by atoms with Crippen LogP contribution in [0.3, 0.4) is 0 Å². The lowest BCUT2D eigenvalue weighted by atomic mass is 9.97. The predicted molar refractivity (Wildman–Crippen MR) is 151 cm³/mol. The Morgan fingerprint density at radius 2 is 1.85 bits per heavy atom. The maximum atomic E-state index is 13.5. The highest BCUT2D eigenvalue weighted by molar-refractivity contribution is 7.22. The second-order valence-corrected chi connectivity index (χ2v) is 10.9. The summed E-state index contributed by atoms with van der Waals surface area (Å²) in [5.74, 6) is -0.0834. The number of fused-ring (bicyclic) bond motifs is 1. The van der Waals surface area contributed by atoms with Gasteiger partial charge in [0.25, 0.3) is 5.78 Å². The number of nitrogens with zero attached hydrogens (tertiary/aromatic N) is 3. The fourth-order valence-corrected chi connectivity index (χ4v) is 5.59. The number of pyridine rings is 1. The molecule has 0 aliphatic carbocycles. The van der Waals surface area contributed by atoms with Gasteiger partial charge in [-0.1, -0.05) is 31.3 Å². The molecule has 1 atom stereocenters. The number of Topliss-reactive ketones (excluding diaryl/α,β-unsaturated/α-hetero) is 1. The number of amides is 1. The summed E-state index contributed by atoms with van der Waals surface area (Å²) in [5.41, 5.74) is 3.21. The third-order valence-electron chi connectivity index (χ3n) is 6.53. The van der Waals surface area contributed by atoms with Crippen molar-refractivity contribution in [1.29, 1.82) is 0 Å². The van der Waals surface area contributed by atoms with E-state index in [1.54, 1.807) is 49.7 Å². The number of hydrogen-bond donors (Lipinski definition) is 1. The number of hydrogen-bond acceptors (Lipinski definition) is 8. The first-order valence-corrected chi connectivity index (χ1v) is 13.4. The highest BCUT2D eigenvalue weighted by Gasteiger charge is 2.48. The maximum absolute atomic E-state index is 13.5. The van der Waals surface area contributed by atoms with Crippen LogP contribution in [0.2, 0.25) is 0 Å². The number of carbonyl (C=O) groups is 2. The van der Waals surface area contributed by atoms with Crippen molar-refractivity contribution in [3.8, 4) is 11.5 Å². The zero-order valence-corrected chi connectivity index (χ0v) is 23.2. The number of anilines is 1. The molecule has 0 spiro atoms. The molecule has 8 nitrogen and oxygen atoms in total. The minimum absolute atomic E-state index is 0.0398. The van der Waals surface area contributed by atoms with Crippen LogP contribution in [-0.2, 0) is 9.59 Å². The molecule has 0 bridgehead atoms. The quantitative estimate of drug-likeness (QED) is 0.174. The van der Waals surface area contributed by atoms with Crippen LogP contribution < -0.4 is 14.4 Å². The molecule has 1 aliphatic rings. The van der Waals surface area contributed by atoms with E-state index in [0.717, 1.165) is 15.8 Å². The van der Waals surface area contributed by atoms with Gasteiger partial charge in [0, 0.05) is 11.8 Å². The van der Waals surface area contributed by atoms with Crippen LogP contribution in [0.5, 0.6) is 11.5 Å². The van der Waals surface area contributed by atoms with Crippen molar-refractivity contribution in [1.82, 2.24) is 9.97 Å². The third kappa shape index (κ3) is 4.85. The van der Waals surface area contributed by atoms with Crippen LogP contribution in [0.25, 0.3) is 16.0 Å². The Labute approximate surface area is 230 Å². The standard InChI is InChI=1S/C30H29N3O5S/c1-16(2)15-38-22-10-9-19(12-17(22)3)27(34)25-26(20-8-6-7-11-31-20)33(29(36)28(25)35)30-32-21-13-18(4)23(37-5)14-24(21)39-30/h6-14,16,26,34H,15H2,1-5H3/b27-25+. The Kier molecular flexibility index (Phi) is 7.10. The predicted octanol–water partition coefficient (Wildman–Crippen LogP) is 5.98. The van der Waals surface area contributed by atoms with Gasteiger partial charge in [-0.25, -0.2) is 4.98 Å². The molecule has 1 fully saturated rings. The summed E-state index contributed by atoms with van der Waals surface area (Å²) in [7, 11) is 1.60. The second kappa shape index (κ2) is 10.5. The molecule has 200 valence electrons. The van der Waals surface area contributed by atoms with E-state index in [1.807, 2.05) is 26.0 Å². The number of rotatable bonds is 7. The monoisotopic (exact) mass is 543 g/mol. The van der Waals surface area contributed by atoms with E-state index in [4.69, 9.17) is 9.47 Å². The number of aliphatic hydroxyl groups is 1. The van der Waals surface area contributed by atoms with Gasteiger partial charge >= 0.3 is 5.91 Å². The van der Waals surface area contributed by atoms with Crippen LogP contribution in [0.15, 0.2) is 60.3 Å². The SMILES string of the molecule is COc1cc2sc(N3C(=O)C(=O)/C(=C(/O)c4ccc(OCC(C)C)c(C)c4)C3c3ccccn3)nc2cc1C. The van der Waals surface area contributed by atoms with Crippen LogP contribution in [0.1, 0.15) is 42.3 Å². The zero-order chi connectivity index (χ0) is 27.8. The lowest BCUT2D eigenvalue weighted by Crippen LogP contribution is -2.29. The highest BCUT2D eigenvalue weighted by Crippen LogP contribution is 2.44. The third-order valence-corrected chi connectivity index (χ3v) is 7.55. The van der Waals surface area contributed by atoms with Crippen molar-refractivity contribution in [2.75, 3.05) is 18.6 Å². The van der Waals surface area contributed by atoms with Crippen LogP contribution in [0, 0.1) is 19.8 Å². The topological polar surface area (TPSA) is 102 Å². The summed E-state index contributed by atoms with van der Waals surface area (Å²) in [6.45, 7) is 8.48. The number of methoxy groups -OCH3 is 1. The average Bonchev–Trinajstić information content (AvgIpc) is 3.44. The molecular formula is C30H29N3O5S. The van der Waals surface area contributed by atoms with Crippen molar-refractivity contribution >= 4 is 44.1 Å². The van der Waals surface area contributed by atoms with Crippen LogP contribution in [-0.4, -0.2) is 40.5 Å². The molecule has 1 N–H and O–H groups in total. The molecule has 39 heavy (non-hydrogen) atoms. The molecule has 0 radical (unpaired) electrons. The van der Waals surface area contributed by atoms with Crippen LogP contribution >= 0.6 is 11.3 Å². The molecule has 3 heterocycles. The lowest BCUT2D eigenvalue weighted by Gasteiger charge is -2.22. The molecule has 0 saturated carbocycles. The van der Waals surface area contributed by atoms with E-state index in [2.05, 4.69) is 23.8 Å². The van der Waals surface area contributed by atoms with E-state index in [-0.39, 0.29) is 11.3 Å². The minimum Gasteiger partial charge on any atom is -0.507 e. The first-order valence-electron chi connectivity index (χ1n) is 12.6. The summed E-state index contributed by atoms with van der Waals surface area (Å²) < 4.78 is 12.1. The molecule has 2 aromatic heterocycles. The molecule has 1 amide bonds. The number of aliphatic hydroxyl groups excluding tert-OH is 1. The number of ketones is 1. The Hall–Kier alpha value is -4.24. The Morgan fingerprint density at radius 1 is 1.08 bits per heavy atom. The summed E-state index contributed by atoms with van der Waals surface area (Å²) in [6, 6.07) is 13.3. The summed E-state index contributed by atoms with van der Waals surface area (Å²) in [6.07, 6.45) is 1.59. The van der Waals surface area contributed by atoms with Crippen molar-refractivity contribution in [3.05, 3.63) is 82.7 Å². The van der Waals surface area contributed by atoms with Crippen molar-refractivity contribution in [2.24, 2.45) is 5.92 Å². The van der Waals surface area contributed by atoms with E-state index in [0.29, 0.717) is 45.9 Å². The first-order chi connectivity index (χ1) is 18.7. The molecule has 9 heteroatoms. The molecule has 5 rings (SSSR count). The largest absolute Gasteiger partial charge is 0.507 e. The Morgan fingerprint density at radius 3 is 2.51 bits per heavy atom. The van der Waals surface area contributed by atoms with Crippen molar-refractivity contribution < 1.29 is 24.2 Å². The van der Waals surface area contributed by atoms with E-state index >= 15 is 0 Å². The molecule has 1 saturated heterocycles. The van der Waals surface area contributed by atoms with Gasteiger partial charge in [0.15, 0.2) is 5.13 Å². The molecular weight excluding hydrogens is 514 g/mol. The van der Waals surface area contributed by atoms with Gasteiger partial charge < -0.3 is 14.6 Å². The summed E-state index contributed by atoms with van der Waals surface area (Å²) >= 11 is 1.27. The molecule has 4 aromatic rings. The fraction of sp³-hybridized carbons (Fsp3) is 0.267. The van der Waals surface area contributed by atoms with Gasteiger partial charge in [-0.05, 0) is 73.4 Å². The zero-order valence-electron chi connectivity index (χ0n) is 22.4. The molecule has 1 unspecified atom stereocenters. The van der Waals surface area contributed by atoms with Crippen LogP contribution in [0.4, 0.5) is 5.13 Å². The molecule has 2 aromatic carbocycles. The summed E-state index contributed by atoms with van der Waals surface area (Å²) in [4.78, 5) is 37.4. The van der Waals surface area contributed by atoms with Crippen molar-refractivity contribution in [2.45, 2.75) is 33.7 Å². The minimum atomic E-state index is -0.952. The van der Waals surface area contributed by atoms with Gasteiger partial charge in [-0.2, -0.15) is 0 Å². The maximum Gasteiger partial charge on any atom is 0.301 e. The number of benzene rings is 2. The number of aryl methyl sites for hydroxylation is 2. The number of aromatic nitrogens is 2. The van der Waals surface area contributed by atoms with E-state index in [9.17, 15) is 14.7 Å². The van der Waals surface area contributed by atoms with Gasteiger partial charge in [0.2, 0.25) is 0 Å². The van der Waals surface area contributed by atoms with Gasteiger partial charge in [-0.3, -0.25) is 19.5 Å². The number of carbonyl (C=O) groups excluding carboxylic acids is 2. The fourth-order valence-electron chi connectivity index (χ4n) is 4.59. The lowest BCUT2D eigenvalue weighted by molar-refractivity contribution is -0.132. The Bertz CT molecular complexity index is 1610. The first kappa shape index (κ1) is 26.4. The van der Waals surface area contributed by atoms with Gasteiger partial charge in [-0.15, -0.1) is 0 Å².